The van der Waals surface area contributed by atoms with E-state index >= 15 is 0 Å². The molecule has 1 fully saturated rings. The summed E-state index contributed by atoms with van der Waals surface area (Å²) in [4.78, 5) is -0.527. The molecule has 1 aromatic carbocycles. The van der Waals surface area contributed by atoms with Gasteiger partial charge in [0.25, 0.3) is 0 Å². The standard InChI is InChI=1S/C15H21F2NO2S/c1-2-18-14-5-3-4-11(14)8-9-21(19,20)15-10-12(16)6-7-13(15)17/h6-7,10-11,14,18H,2-5,8-9H2,1H3. The topological polar surface area (TPSA) is 46.2 Å². The first-order chi connectivity index (χ1) is 9.94. The van der Waals surface area contributed by atoms with Gasteiger partial charge in [-0.2, -0.15) is 0 Å². The lowest BCUT2D eigenvalue weighted by atomic mass is 10.0. The minimum Gasteiger partial charge on any atom is -0.314 e. The first-order valence-corrected chi connectivity index (χ1v) is 9.00. The lowest BCUT2D eigenvalue weighted by Crippen LogP contribution is -2.33. The van der Waals surface area contributed by atoms with E-state index < -0.39 is 26.4 Å². The van der Waals surface area contributed by atoms with E-state index in [1.54, 1.807) is 0 Å². The van der Waals surface area contributed by atoms with Crippen LogP contribution in [-0.2, 0) is 9.84 Å². The number of nitrogens with one attached hydrogen (secondary N) is 1. The van der Waals surface area contributed by atoms with Crippen LogP contribution in [-0.4, -0.2) is 26.8 Å². The van der Waals surface area contributed by atoms with Gasteiger partial charge in [-0.05, 0) is 49.9 Å². The molecule has 1 N–H and O–H groups in total. The van der Waals surface area contributed by atoms with Crippen molar-refractivity contribution in [1.82, 2.24) is 5.32 Å². The van der Waals surface area contributed by atoms with Crippen LogP contribution in [0.5, 0.6) is 0 Å². The Morgan fingerprint density at radius 2 is 2.05 bits per heavy atom. The number of halogens is 2. The van der Waals surface area contributed by atoms with Gasteiger partial charge in [-0.15, -0.1) is 0 Å². The average molecular weight is 317 g/mol. The van der Waals surface area contributed by atoms with Gasteiger partial charge in [-0.25, -0.2) is 17.2 Å². The van der Waals surface area contributed by atoms with Gasteiger partial charge in [0.05, 0.1) is 5.75 Å². The van der Waals surface area contributed by atoms with Crippen LogP contribution in [0.3, 0.4) is 0 Å². The Morgan fingerprint density at radius 3 is 2.76 bits per heavy atom. The van der Waals surface area contributed by atoms with Crippen LogP contribution >= 0.6 is 0 Å². The van der Waals surface area contributed by atoms with Crippen LogP contribution in [0.1, 0.15) is 32.6 Å². The van der Waals surface area contributed by atoms with Crippen molar-refractivity contribution in [2.45, 2.75) is 43.5 Å². The van der Waals surface area contributed by atoms with E-state index in [1.807, 2.05) is 6.92 Å². The summed E-state index contributed by atoms with van der Waals surface area (Å²) >= 11 is 0. The Kier molecular flexibility index (Phi) is 5.32. The predicted molar refractivity (Wildman–Crippen MR) is 77.8 cm³/mol. The van der Waals surface area contributed by atoms with E-state index in [4.69, 9.17) is 0 Å². The molecule has 21 heavy (non-hydrogen) atoms. The van der Waals surface area contributed by atoms with Crippen LogP contribution in [0, 0.1) is 17.6 Å². The summed E-state index contributed by atoms with van der Waals surface area (Å²) in [5.74, 6) is -1.47. The summed E-state index contributed by atoms with van der Waals surface area (Å²) in [6, 6.07) is 2.88. The molecule has 1 aliphatic carbocycles. The van der Waals surface area contributed by atoms with Crippen molar-refractivity contribution in [1.29, 1.82) is 0 Å². The van der Waals surface area contributed by atoms with Gasteiger partial charge in [0.15, 0.2) is 9.84 Å². The minimum absolute atomic E-state index is 0.139. The molecule has 2 rings (SSSR count). The normalized spacial score (nSPS) is 22.6. The van der Waals surface area contributed by atoms with E-state index in [1.165, 1.54) is 0 Å². The molecule has 1 saturated carbocycles. The van der Waals surface area contributed by atoms with Crippen LogP contribution in [0.15, 0.2) is 23.1 Å². The molecule has 0 radical (unpaired) electrons. The molecule has 2 atom stereocenters. The first-order valence-electron chi connectivity index (χ1n) is 7.35. The van der Waals surface area contributed by atoms with Gasteiger partial charge in [0.1, 0.15) is 16.5 Å². The van der Waals surface area contributed by atoms with E-state index in [2.05, 4.69) is 5.32 Å². The molecule has 1 aliphatic rings. The van der Waals surface area contributed by atoms with Gasteiger partial charge < -0.3 is 5.32 Å². The molecule has 6 heteroatoms. The molecule has 1 aromatic rings. The highest BCUT2D eigenvalue weighted by Crippen LogP contribution is 2.30. The second kappa shape index (κ2) is 6.83. The lowest BCUT2D eigenvalue weighted by molar-refractivity contribution is 0.398. The molecule has 0 heterocycles. The van der Waals surface area contributed by atoms with E-state index in [0.717, 1.165) is 44.0 Å². The van der Waals surface area contributed by atoms with Gasteiger partial charge >= 0.3 is 0 Å². The van der Waals surface area contributed by atoms with Crippen LogP contribution < -0.4 is 5.32 Å². The maximum Gasteiger partial charge on any atom is 0.181 e. The van der Waals surface area contributed by atoms with Gasteiger partial charge in [0, 0.05) is 6.04 Å². The monoisotopic (exact) mass is 317 g/mol. The molecular formula is C15H21F2NO2S. The van der Waals surface area contributed by atoms with Crippen LogP contribution in [0.2, 0.25) is 0 Å². The third kappa shape index (κ3) is 4.01. The van der Waals surface area contributed by atoms with Crippen molar-refractivity contribution in [3.63, 3.8) is 0 Å². The summed E-state index contributed by atoms with van der Waals surface area (Å²) in [5, 5.41) is 3.36. The summed E-state index contributed by atoms with van der Waals surface area (Å²) < 4.78 is 51.1. The fraction of sp³-hybridized carbons (Fsp3) is 0.600. The number of hydrogen-bond donors (Lipinski definition) is 1. The highest BCUT2D eigenvalue weighted by molar-refractivity contribution is 7.91. The SMILES string of the molecule is CCNC1CCCC1CCS(=O)(=O)c1cc(F)ccc1F. The predicted octanol–water partition coefficient (Wildman–Crippen LogP) is 2.91. The van der Waals surface area contributed by atoms with Crippen LogP contribution in [0.25, 0.3) is 0 Å². The second-order valence-corrected chi connectivity index (χ2v) is 7.62. The first kappa shape index (κ1) is 16.4. The zero-order valence-electron chi connectivity index (χ0n) is 12.1. The Bertz CT molecular complexity index is 589. The molecule has 0 aromatic heterocycles. The molecule has 0 aliphatic heterocycles. The van der Waals surface area contributed by atoms with Crippen molar-refractivity contribution >= 4 is 9.84 Å². The number of sulfone groups is 1. The summed E-state index contributed by atoms with van der Waals surface area (Å²) in [5.41, 5.74) is 0. The quantitative estimate of drug-likeness (QED) is 0.877. The van der Waals surface area contributed by atoms with Crippen molar-refractivity contribution in [2.24, 2.45) is 5.92 Å². The maximum absolute atomic E-state index is 13.6. The van der Waals surface area contributed by atoms with E-state index in [-0.39, 0.29) is 11.7 Å². The third-order valence-electron chi connectivity index (χ3n) is 4.11. The highest BCUT2D eigenvalue weighted by Gasteiger charge is 2.29. The fourth-order valence-electron chi connectivity index (χ4n) is 3.05. The van der Waals surface area contributed by atoms with Crippen molar-refractivity contribution in [3.8, 4) is 0 Å². The summed E-state index contributed by atoms with van der Waals surface area (Å²) in [6.45, 7) is 2.88. The molecule has 118 valence electrons. The van der Waals surface area contributed by atoms with E-state index in [9.17, 15) is 17.2 Å². The highest BCUT2D eigenvalue weighted by atomic mass is 32.2. The third-order valence-corrected chi connectivity index (χ3v) is 5.87. The Hall–Kier alpha value is -1.01. The molecule has 0 saturated heterocycles. The minimum atomic E-state index is -3.78. The molecular weight excluding hydrogens is 296 g/mol. The Balaban J connectivity index is 2.06. The number of benzene rings is 1. The molecule has 0 bridgehead atoms. The van der Waals surface area contributed by atoms with Crippen LogP contribution in [0.4, 0.5) is 8.78 Å². The fourth-order valence-corrected chi connectivity index (χ4v) is 4.54. The molecule has 0 amide bonds. The van der Waals surface area contributed by atoms with Crippen molar-refractivity contribution < 1.29 is 17.2 Å². The van der Waals surface area contributed by atoms with Gasteiger partial charge in [0.2, 0.25) is 0 Å². The average Bonchev–Trinajstić information content (AvgIpc) is 2.87. The zero-order valence-corrected chi connectivity index (χ0v) is 12.9. The number of rotatable bonds is 6. The van der Waals surface area contributed by atoms with Crippen molar-refractivity contribution in [2.75, 3.05) is 12.3 Å². The number of hydrogen-bond acceptors (Lipinski definition) is 3. The molecule has 2 unspecified atom stereocenters. The van der Waals surface area contributed by atoms with Gasteiger partial charge in [-0.1, -0.05) is 13.3 Å². The van der Waals surface area contributed by atoms with Crippen molar-refractivity contribution in [3.05, 3.63) is 29.8 Å². The molecule has 0 spiro atoms. The second-order valence-electron chi connectivity index (χ2n) is 5.54. The summed E-state index contributed by atoms with van der Waals surface area (Å²) in [6.07, 6.45) is 3.60. The summed E-state index contributed by atoms with van der Waals surface area (Å²) in [7, 11) is -3.78. The van der Waals surface area contributed by atoms with E-state index in [0.29, 0.717) is 12.5 Å². The largest absolute Gasteiger partial charge is 0.314 e. The molecule has 3 nitrogen and oxygen atoms in total. The Morgan fingerprint density at radius 1 is 1.29 bits per heavy atom. The van der Waals surface area contributed by atoms with Gasteiger partial charge in [-0.3, -0.25) is 0 Å². The Labute approximate surface area is 124 Å². The lowest BCUT2D eigenvalue weighted by Gasteiger charge is -2.20. The maximum atomic E-state index is 13.6. The smallest absolute Gasteiger partial charge is 0.181 e. The zero-order chi connectivity index (χ0) is 15.5.